The van der Waals surface area contributed by atoms with E-state index < -0.39 is 0 Å². The van der Waals surface area contributed by atoms with Gasteiger partial charge in [0.05, 0.1) is 11.8 Å². The molecular formula is C26H27N5OS. The SMILES string of the molecule is CC(Sc1nnc(-c2cccnc2)n1Cc1ccccc1)C(=O)NCC(C)c1ccccc1. The monoisotopic (exact) mass is 457 g/mol. The van der Waals surface area contributed by atoms with Gasteiger partial charge in [0.1, 0.15) is 0 Å². The molecule has 33 heavy (non-hydrogen) atoms. The summed E-state index contributed by atoms with van der Waals surface area (Å²) in [6.07, 6.45) is 3.51. The first-order chi connectivity index (χ1) is 16.1. The van der Waals surface area contributed by atoms with E-state index in [1.807, 2.05) is 60.0 Å². The molecule has 0 fully saturated rings. The molecule has 2 aromatic heterocycles. The Labute approximate surface area is 198 Å². The van der Waals surface area contributed by atoms with Crippen molar-refractivity contribution in [2.75, 3.05) is 6.54 Å². The molecule has 1 N–H and O–H groups in total. The minimum Gasteiger partial charge on any atom is -0.355 e. The Morgan fingerprint density at radius 2 is 1.70 bits per heavy atom. The molecule has 2 unspecified atom stereocenters. The minimum atomic E-state index is -0.312. The highest BCUT2D eigenvalue weighted by molar-refractivity contribution is 8.00. The highest BCUT2D eigenvalue weighted by atomic mass is 32.2. The van der Waals surface area contributed by atoms with Gasteiger partial charge in [-0.25, -0.2) is 0 Å². The van der Waals surface area contributed by atoms with E-state index in [4.69, 9.17) is 0 Å². The van der Waals surface area contributed by atoms with Crippen LogP contribution in [0.4, 0.5) is 0 Å². The van der Waals surface area contributed by atoms with Gasteiger partial charge in [0.2, 0.25) is 5.91 Å². The first kappa shape index (κ1) is 22.7. The van der Waals surface area contributed by atoms with Gasteiger partial charge in [-0.1, -0.05) is 79.3 Å². The van der Waals surface area contributed by atoms with Crippen molar-refractivity contribution >= 4 is 17.7 Å². The average molecular weight is 458 g/mol. The number of carbonyl (C=O) groups is 1. The molecule has 0 radical (unpaired) electrons. The molecule has 0 saturated carbocycles. The predicted molar refractivity (Wildman–Crippen MR) is 132 cm³/mol. The Morgan fingerprint density at radius 3 is 2.39 bits per heavy atom. The summed E-state index contributed by atoms with van der Waals surface area (Å²) < 4.78 is 2.05. The zero-order valence-electron chi connectivity index (χ0n) is 18.8. The highest BCUT2D eigenvalue weighted by Crippen LogP contribution is 2.27. The summed E-state index contributed by atoms with van der Waals surface area (Å²) in [5.41, 5.74) is 3.24. The summed E-state index contributed by atoms with van der Waals surface area (Å²) in [5, 5.41) is 12.3. The van der Waals surface area contributed by atoms with E-state index in [0.29, 0.717) is 18.2 Å². The van der Waals surface area contributed by atoms with Gasteiger partial charge in [-0.05, 0) is 36.1 Å². The fourth-order valence-electron chi connectivity index (χ4n) is 3.50. The lowest BCUT2D eigenvalue weighted by Gasteiger charge is -2.16. The third-order valence-electron chi connectivity index (χ3n) is 5.42. The second kappa shape index (κ2) is 10.9. The Morgan fingerprint density at radius 1 is 0.970 bits per heavy atom. The zero-order valence-corrected chi connectivity index (χ0v) is 19.6. The van der Waals surface area contributed by atoms with E-state index in [-0.39, 0.29) is 17.1 Å². The maximum atomic E-state index is 12.8. The van der Waals surface area contributed by atoms with Gasteiger partial charge < -0.3 is 5.32 Å². The van der Waals surface area contributed by atoms with Gasteiger partial charge in [0.25, 0.3) is 0 Å². The smallest absolute Gasteiger partial charge is 0.233 e. The Bertz CT molecular complexity index is 1170. The molecule has 0 aliphatic heterocycles. The van der Waals surface area contributed by atoms with Gasteiger partial charge in [0.15, 0.2) is 11.0 Å². The standard InChI is InChI=1S/C26H27N5OS/c1-19(22-12-7-4-8-13-22)16-28-25(32)20(2)33-26-30-29-24(23-14-9-15-27-17-23)31(26)18-21-10-5-3-6-11-21/h3-15,17,19-20H,16,18H2,1-2H3,(H,28,32). The number of thioether (sulfide) groups is 1. The molecule has 4 aromatic rings. The number of benzene rings is 2. The summed E-state index contributed by atoms with van der Waals surface area (Å²) in [7, 11) is 0. The first-order valence-electron chi connectivity index (χ1n) is 11.0. The lowest BCUT2D eigenvalue weighted by atomic mass is 10.0. The van der Waals surface area contributed by atoms with Crippen LogP contribution in [0.25, 0.3) is 11.4 Å². The summed E-state index contributed by atoms with van der Waals surface area (Å²) in [4.78, 5) is 17.1. The molecular weight excluding hydrogens is 430 g/mol. The summed E-state index contributed by atoms with van der Waals surface area (Å²) in [6.45, 7) is 5.22. The van der Waals surface area contributed by atoms with Crippen molar-refractivity contribution < 1.29 is 4.79 Å². The number of rotatable bonds is 9. The second-order valence-corrected chi connectivity index (χ2v) is 9.24. The number of hydrogen-bond acceptors (Lipinski definition) is 5. The number of nitrogens with one attached hydrogen (secondary N) is 1. The van der Waals surface area contributed by atoms with Gasteiger partial charge in [0, 0.05) is 24.5 Å². The molecule has 7 heteroatoms. The molecule has 0 saturated heterocycles. The van der Waals surface area contributed by atoms with E-state index >= 15 is 0 Å². The number of amides is 1. The average Bonchev–Trinajstić information content (AvgIpc) is 3.25. The van der Waals surface area contributed by atoms with Crippen LogP contribution in [0.1, 0.15) is 30.9 Å². The van der Waals surface area contributed by atoms with Crippen molar-refractivity contribution in [2.45, 2.75) is 36.7 Å². The van der Waals surface area contributed by atoms with Crippen molar-refractivity contribution in [3.63, 3.8) is 0 Å². The molecule has 2 heterocycles. The van der Waals surface area contributed by atoms with E-state index in [0.717, 1.165) is 17.0 Å². The molecule has 4 rings (SSSR count). The molecule has 0 aliphatic rings. The largest absolute Gasteiger partial charge is 0.355 e. The normalized spacial score (nSPS) is 12.8. The Kier molecular flexibility index (Phi) is 7.52. The van der Waals surface area contributed by atoms with Crippen molar-refractivity contribution in [1.29, 1.82) is 0 Å². The minimum absolute atomic E-state index is 0.0139. The summed E-state index contributed by atoms with van der Waals surface area (Å²) >= 11 is 1.42. The zero-order chi connectivity index (χ0) is 23.0. The van der Waals surface area contributed by atoms with E-state index in [1.165, 1.54) is 17.3 Å². The lowest BCUT2D eigenvalue weighted by Crippen LogP contribution is -2.33. The maximum Gasteiger partial charge on any atom is 0.233 e. The fraction of sp³-hybridized carbons (Fsp3) is 0.231. The number of aromatic nitrogens is 4. The third-order valence-corrected chi connectivity index (χ3v) is 6.50. The molecule has 2 aromatic carbocycles. The molecule has 2 atom stereocenters. The third kappa shape index (κ3) is 5.87. The number of pyridine rings is 1. The van der Waals surface area contributed by atoms with Crippen LogP contribution in [0.15, 0.2) is 90.3 Å². The predicted octanol–water partition coefficient (Wildman–Crippen LogP) is 4.79. The van der Waals surface area contributed by atoms with Crippen LogP contribution < -0.4 is 5.32 Å². The van der Waals surface area contributed by atoms with Crippen molar-refractivity contribution in [1.82, 2.24) is 25.1 Å². The molecule has 0 bridgehead atoms. The summed E-state index contributed by atoms with van der Waals surface area (Å²) in [6, 6.07) is 24.2. The van der Waals surface area contributed by atoms with Crippen molar-refractivity contribution in [3.8, 4) is 11.4 Å². The van der Waals surface area contributed by atoms with Gasteiger partial charge in [-0.15, -0.1) is 10.2 Å². The molecule has 1 amide bonds. The van der Waals surface area contributed by atoms with Gasteiger partial charge in [-0.2, -0.15) is 0 Å². The van der Waals surface area contributed by atoms with Gasteiger partial charge >= 0.3 is 0 Å². The molecule has 168 valence electrons. The first-order valence-corrected chi connectivity index (χ1v) is 11.9. The van der Waals surface area contributed by atoms with Crippen LogP contribution in [0.3, 0.4) is 0 Å². The van der Waals surface area contributed by atoms with Crippen LogP contribution in [0.5, 0.6) is 0 Å². The maximum absolute atomic E-state index is 12.8. The van der Waals surface area contributed by atoms with Crippen LogP contribution in [-0.4, -0.2) is 37.5 Å². The van der Waals surface area contributed by atoms with E-state index in [1.54, 1.807) is 12.4 Å². The highest BCUT2D eigenvalue weighted by Gasteiger charge is 2.21. The van der Waals surface area contributed by atoms with E-state index in [9.17, 15) is 4.79 Å². The number of nitrogens with zero attached hydrogens (tertiary/aromatic N) is 4. The topological polar surface area (TPSA) is 72.7 Å². The van der Waals surface area contributed by atoms with Crippen molar-refractivity contribution in [3.05, 3.63) is 96.3 Å². The quantitative estimate of drug-likeness (QED) is 0.366. The van der Waals surface area contributed by atoms with Crippen LogP contribution in [0.2, 0.25) is 0 Å². The summed E-state index contributed by atoms with van der Waals surface area (Å²) in [5.74, 6) is 0.964. The van der Waals surface area contributed by atoms with Gasteiger partial charge in [-0.3, -0.25) is 14.3 Å². The number of hydrogen-bond donors (Lipinski definition) is 1. The second-order valence-electron chi connectivity index (χ2n) is 7.94. The van der Waals surface area contributed by atoms with Crippen LogP contribution in [-0.2, 0) is 11.3 Å². The van der Waals surface area contributed by atoms with Crippen molar-refractivity contribution in [2.24, 2.45) is 0 Å². The number of carbonyl (C=O) groups excluding carboxylic acids is 1. The Balaban J connectivity index is 1.48. The Hall–Kier alpha value is -3.45. The molecule has 6 nitrogen and oxygen atoms in total. The van der Waals surface area contributed by atoms with Crippen LogP contribution in [0, 0.1) is 0 Å². The van der Waals surface area contributed by atoms with Crippen LogP contribution >= 0.6 is 11.8 Å². The molecule has 0 spiro atoms. The molecule has 0 aliphatic carbocycles. The lowest BCUT2D eigenvalue weighted by molar-refractivity contribution is -0.120. The fourth-order valence-corrected chi connectivity index (χ4v) is 4.37. The van der Waals surface area contributed by atoms with E-state index in [2.05, 4.69) is 51.7 Å².